The lowest BCUT2D eigenvalue weighted by Gasteiger charge is -2.22. The van der Waals surface area contributed by atoms with E-state index in [1.807, 2.05) is 0 Å². The van der Waals surface area contributed by atoms with Crippen LogP contribution in [0.25, 0.3) is 0 Å². The number of carbonyl (C=O) groups excluding carboxylic acids is 1. The van der Waals surface area contributed by atoms with Crippen LogP contribution in [-0.2, 0) is 14.8 Å². The standard InChI is InChI=1S/C19H23N3O3S.ClH/c1-14-9-10-15(21-18(23)19(20)11-5-6-12-19)13-17(14)22-26(24,25)16-7-3-2-4-8-16;/h2-4,7-10,13,22H,5-6,11-12,20H2,1H3,(H,21,23);1H. The highest BCUT2D eigenvalue weighted by Crippen LogP contribution is 2.29. The van der Waals surface area contributed by atoms with Gasteiger partial charge in [-0.3, -0.25) is 9.52 Å². The summed E-state index contributed by atoms with van der Waals surface area (Å²) in [6.07, 6.45) is 3.22. The summed E-state index contributed by atoms with van der Waals surface area (Å²) in [5.74, 6) is -0.226. The van der Waals surface area contributed by atoms with Crippen LogP contribution in [0.4, 0.5) is 11.4 Å². The molecule has 0 bridgehead atoms. The molecule has 3 rings (SSSR count). The molecular formula is C19H24ClN3O3S. The summed E-state index contributed by atoms with van der Waals surface area (Å²) in [7, 11) is -3.70. The number of sulfonamides is 1. The molecule has 0 atom stereocenters. The number of anilines is 2. The maximum Gasteiger partial charge on any atom is 0.261 e. The zero-order valence-corrected chi connectivity index (χ0v) is 16.7. The molecular weight excluding hydrogens is 386 g/mol. The molecule has 0 heterocycles. The number of rotatable bonds is 5. The monoisotopic (exact) mass is 409 g/mol. The highest BCUT2D eigenvalue weighted by Gasteiger charge is 2.37. The second kappa shape index (κ2) is 8.29. The van der Waals surface area contributed by atoms with Gasteiger partial charge in [0.15, 0.2) is 0 Å². The van der Waals surface area contributed by atoms with E-state index >= 15 is 0 Å². The van der Waals surface area contributed by atoms with Crippen molar-refractivity contribution in [1.29, 1.82) is 0 Å². The molecule has 4 N–H and O–H groups in total. The van der Waals surface area contributed by atoms with E-state index in [0.29, 0.717) is 24.2 Å². The fourth-order valence-electron chi connectivity index (χ4n) is 3.10. The third-order valence-corrected chi connectivity index (χ3v) is 6.12. The van der Waals surface area contributed by atoms with E-state index in [1.54, 1.807) is 43.3 Å². The largest absolute Gasteiger partial charge is 0.324 e. The van der Waals surface area contributed by atoms with Gasteiger partial charge in [-0.1, -0.05) is 37.1 Å². The Morgan fingerprint density at radius 2 is 1.70 bits per heavy atom. The molecule has 0 aromatic heterocycles. The van der Waals surface area contributed by atoms with Crippen LogP contribution in [0.2, 0.25) is 0 Å². The second-order valence-electron chi connectivity index (χ2n) is 6.77. The number of halogens is 1. The van der Waals surface area contributed by atoms with Crippen LogP contribution in [0.1, 0.15) is 31.2 Å². The summed E-state index contributed by atoms with van der Waals surface area (Å²) in [5, 5.41) is 2.82. The molecule has 2 aromatic carbocycles. The molecule has 0 spiro atoms. The smallest absolute Gasteiger partial charge is 0.261 e. The number of nitrogens with two attached hydrogens (primary N) is 1. The van der Waals surface area contributed by atoms with Gasteiger partial charge < -0.3 is 11.1 Å². The number of benzene rings is 2. The van der Waals surface area contributed by atoms with Crippen molar-refractivity contribution in [3.05, 3.63) is 54.1 Å². The Morgan fingerprint density at radius 1 is 1.07 bits per heavy atom. The first-order chi connectivity index (χ1) is 12.3. The maximum atomic E-state index is 12.5. The van der Waals surface area contributed by atoms with Gasteiger partial charge in [0.1, 0.15) is 0 Å². The lowest BCUT2D eigenvalue weighted by Crippen LogP contribution is -2.48. The van der Waals surface area contributed by atoms with Crippen LogP contribution < -0.4 is 15.8 Å². The molecule has 1 fully saturated rings. The minimum Gasteiger partial charge on any atom is -0.324 e. The van der Waals surface area contributed by atoms with Crippen LogP contribution in [-0.4, -0.2) is 19.9 Å². The van der Waals surface area contributed by atoms with Gasteiger partial charge in [-0.2, -0.15) is 0 Å². The number of aryl methyl sites for hydroxylation is 1. The van der Waals surface area contributed by atoms with Crippen LogP contribution in [0.15, 0.2) is 53.4 Å². The van der Waals surface area contributed by atoms with Crippen molar-refractivity contribution in [2.24, 2.45) is 5.73 Å². The van der Waals surface area contributed by atoms with Gasteiger partial charge in [0, 0.05) is 5.69 Å². The van der Waals surface area contributed by atoms with Crippen molar-refractivity contribution in [2.45, 2.75) is 43.0 Å². The van der Waals surface area contributed by atoms with E-state index in [1.165, 1.54) is 12.1 Å². The van der Waals surface area contributed by atoms with E-state index in [4.69, 9.17) is 5.73 Å². The highest BCUT2D eigenvalue weighted by molar-refractivity contribution is 7.92. The Labute approximate surface area is 166 Å². The molecule has 27 heavy (non-hydrogen) atoms. The van der Waals surface area contributed by atoms with Crippen molar-refractivity contribution >= 4 is 39.7 Å². The first kappa shape index (κ1) is 21.2. The molecule has 0 saturated heterocycles. The van der Waals surface area contributed by atoms with Crippen molar-refractivity contribution < 1.29 is 13.2 Å². The zero-order chi connectivity index (χ0) is 18.8. The highest BCUT2D eigenvalue weighted by atomic mass is 35.5. The molecule has 1 aliphatic rings. The predicted molar refractivity (Wildman–Crippen MR) is 110 cm³/mol. The van der Waals surface area contributed by atoms with E-state index in [9.17, 15) is 13.2 Å². The maximum absolute atomic E-state index is 12.5. The molecule has 0 radical (unpaired) electrons. The minimum absolute atomic E-state index is 0. The normalized spacial score (nSPS) is 15.6. The van der Waals surface area contributed by atoms with Gasteiger partial charge in [-0.25, -0.2) is 8.42 Å². The number of hydrogen-bond acceptors (Lipinski definition) is 4. The quantitative estimate of drug-likeness (QED) is 0.704. The fraction of sp³-hybridized carbons (Fsp3) is 0.316. The number of nitrogens with one attached hydrogen (secondary N) is 2. The zero-order valence-electron chi connectivity index (χ0n) is 15.1. The first-order valence-electron chi connectivity index (χ1n) is 8.59. The Bertz CT molecular complexity index is 911. The van der Waals surface area contributed by atoms with E-state index in [-0.39, 0.29) is 23.2 Å². The topological polar surface area (TPSA) is 101 Å². The van der Waals surface area contributed by atoms with Crippen LogP contribution >= 0.6 is 12.4 Å². The lowest BCUT2D eigenvalue weighted by molar-refractivity contribution is -0.121. The van der Waals surface area contributed by atoms with Crippen molar-refractivity contribution in [1.82, 2.24) is 0 Å². The minimum atomic E-state index is -3.70. The summed E-state index contributed by atoms with van der Waals surface area (Å²) in [5.41, 5.74) is 7.03. The number of carbonyl (C=O) groups is 1. The molecule has 146 valence electrons. The summed E-state index contributed by atoms with van der Waals surface area (Å²) in [6, 6.07) is 13.3. The summed E-state index contributed by atoms with van der Waals surface area (Å²) < 4.78 is 27.6. The average molecular weight is 410 g/mol. The van der Waals surface area contributed by atoms with Gasteiger partial charge in [-0.05, 0) is 49.6 Å². The van der Waals surface area contributed by atoms with Gasteiger partial charge in [0.2, 0.25) is 5.91 Å². The average Bonchev–Trinajstić information content (AvgIpc) is 3.06. The number of amides is 1. The molecule has 0 unspecified atom stereocenters. The molecule has 1 saturated carbocycles. The lowest BCUT2D eigenvalue weighted by atomic mass is 9.98. The van der Waals surface area contributed by atoms with E-state index < -0.39 is 15.6 Å². The molecule has 1 amide bonds. The Hall–Kier alpha value is -2.09. The molecule has 1 aliphatic carbocycles. The van der Waals surface area contributed by atoms with Crippen LogP contribution in [0, 0.1) is 6.92 Å². The summed E-state index contributed by atoms with van der Waals surface area (Å²) in [6.45, 7) is 1.80. The first-order valence-corrected chi connectivity index (χ1v) is 10.1. The van der Waals surface area contributed by atoms with Crippen LogP contribution in [0.5, 0.6) is 0 Å². The number of hydrogen-bond donors (Lipinski definition) is 3. The van der Waals surface area contributed by atoms with Gasteiger partial charge in [0.05, 0.1) is 16.1 Å². The molecule has 0 aliphatic heterocycles. The Kier molecular flexibility index (Phi) is 6.51. The van der Waals surface area contributed by atoms with E-state index in [0.717, 1.165) is 18.4 Å². The van der Waals surface area contributed by atoms with Crippen molar-refractivity contribution in [2.75, 3.05) is 10.0 Å². The van der Waals surface area contributed by atoms with Crippen LogP contribution in [0.3, 0.4) is 0 Å². The Balaban J connectivity index is 0.00000261. The SMILES string of the molecule is Cc1ccc(NC(=O)C2(N)CCCC2)cc1NS(=O)(=O)c1ccccc1.Cl. The summed E-state index contributed by atoms with van der Waals surface area (Å²) >= 11 is 0. The molecule has 2 aromatic rings. The van der Waals surface area contributed by atoms with Crippen molar-refractivity contribution in [3.63, 3.8) is 0 Å². The predicted octanol–water partition coefficient (Wildman–Crippen LogP) is 3.43. The second-order valence-corrected chi connectivity index (χ2v) is 8.45. The summed E-state index contributed by atoms with van der Waals surface area (Å²) in [4.78, 5) is 12.6. The van der Waals surface area contributed by atoms with Crippen molar-refractivity contribution in [3.8, 4) is 0 Å². The Morgan fingerprint density at radius 3 is 2.33 bits per heavy atom. The van der Waals surface area contributed by atoms with Gasteiger partial charge >= 0.3 is 0 Å². The molecule has 6 nitrogen and oxygen atoms in total. The fourth-order valence-corrected chi connectivity index (χ4v) is 4.24. The van der Waals surface area contributed by atoms with Gasteiger partial charge in [-0.15, -0.1) is 12.4 Å². The van der Waals surface area contributed by atoms with E-state index in [2.05, 4.69) is 10.0 Å². The van der Waals surface area contributed by atoms with Gasteiger partial charge in [0.25, 0.3) is 10.0 Å². The third kappa shape index (κ3) is 4.80. The third-order valence-electron chi connectivity index (χ3n) is 4.74. The molecule has 8 heteroatoms.